The van der Waals surface area contributed by atoms with Gasteiger partial charge >= 0.3 is 6.09 Å². The van der Waals surface area contributed by atoms with Crippen molar-refractivity contribution in [3.05, 3.63) is 0 Å². The smallest absolute Gasteiger partial charge is 0.410 e. The van der Waals surface area contributed by atoms with Crippen LogP contribution in [0.2, 0.25) is 0 Å². The van der Waals surface area contributed by atoms with Gasteiger partial charge in [0.1, 0.15) is 5.60 Å². The first-order valence-electron chi connectivity index (χ1n) is 9.26. The van der Waals surface area contributed by atoms with Crippen LogP contribution in [-0.4, -0.2) is 67.6 Å². The minimum Gasteiger partial charge on any atom is -0.444 e. The number of carbonyl (C=O) groups is 1. The SMILES string of the molecule is CO[C@H]1CN(C(=O)OC(C)(C)C)C[C@@H](OCC2CCC(F)(F)CC2)[C@@H]1N. The molecule has 1 amide bonds. The number of nitrogens with two attached hydrogens (primary N) is 1. The highest BCUT2D eigenvalue weighted by Gasteiger charge is 2.40. The first-order valence-corrected chi connectivity index (χ1v) is 9.26. The van der Waals surface area contributed by atoms with E-state index in [0.717, 1.165) is 0 Å². The third kappa shape index (κ3) is 6.03. The Bertz CT molecular complexity index is 474. The van der Waals surface area contributed by atoms with Crippen molar-refractivity contribution in [2.45, 2.75) is 76.2 Å². The van der Waals surface area contributed by atoms with Crippen molar-refractivity contribution in [1.82, 2.24) is 4.90 Å². The maximum atomic E-state index is 13.3. The average Bonchev–Trinajstić information content (AvgIpc) is 2.53. The van der Waals surface area contributed by atoms with Gasteiger partial charge in [-0.1, -0.05) is 0 Å². The van der Waals surface area contributed by atoms with Crippen molar-refractivity contribution >= 4 is 6.09 Å². The predicted octanol–water partition coefficient (Wildman–Crippen LogP) is 2.79. The molecule has 0 spiro atoms. The number of amides is 1. The Hall–Kier alpha value is -0.990. The molecule has 0 radical (unpaired) electrons. The molecule has 0 aromatic heterocycles. The second kappa shape index (κ2) is 8.35. The minimum absolute atomic E-state index is 0.0948. The molecule has 1 aliphatic carbocycles. The number of likely N-dealkylation sites (tertiary alicyclic amines) is 1. The van der Waals surface area contributed by atoms with E-state index in [4.69, 9.17) is 19.9 Å². The summed E-state index contributed by atoms with van der Waals surface area (Å²) < 4.78 is 43.3. The molecule has 0 bridgehead atoms. The van der Waals surface area contributed by atoms with E-state index in [9.17, 15) is 13.6 Å². The van der Waals surface area contributed by atoms with E-state index in [-0.39, 0.29) is 30.9 Å². The molecular weight excluding hydrogens is 346 g/mol. The molecule has 6 nitrogen and oxygen atoms in total. The van der Waals surface area contributed by atoms with E-state index < -0.39 is 23.7 Å². The summed E-state index contributed by atoms with van der Waals surface area (Å²) in [6.07, 6.45) is -0.514. The summed E-state index contributed by atoms with van der Waals surface area (Å²) in [6.45, 7) is 6.43. The first kappa shape index (κ1) is 21.3. The zero-order chi connectivity index (χ0) is 19.5. The number of rotatable bonds is 4. The number of hydrogen-bond acceptors (Lipinski definition) is 5. The fourth-order valence-electron chi connectivity index (χ4n) is 3.39. The van der Waals surface area contributed by atoms with Crippen LogP contribution >= 0.6 is 0 Å². The molecule has 0 unspecified atom stereocenters. The lowest BCUT2D eigenvalue weighted by Crippen LogP contribution is -2.62. The van der Waals surface area contributed by atoms with Crippen molar-refractivity contribution in [3.63, 3.8) is 0 Å². The van der Waals surface area contributed by atoms with Gasteiger partial charge in [-0.25, -0.2) is 13.6 Å². The summed E-state index contributed by atoms with van der Waals surface area (Å²) in [4.78, 5) is 13.9. The van der Waals surface area contributed by atoms with Crippen LogP contribution in [0.5, 0.6) is 0 Å². The lowest BCUT2D eigenvalue weighted by atomic mass is 9.87. The van der Waals surface area contributed by atoms with Crippen molar-refractivity contribution in [1.29, 1.82) is 0 Å². The summed E-state index contributed by atoms with van der Waals surface area (Å²) in [5.41, 5.74) is 5.64. The second-order valence-corrected chi connectivity index (χ2v) is 8.41. The minimum atomic E-state index is -2.55. The molecule has 0 aromatic rings. The predicted molar refractivity (Wildman–Crippen MR) is 93.2 cm³/mol. The lowest BCUT2D eigenvalue weighted by molar-refractivity contribution is -0.0972. The Balaban J connectivity index is 1.92. The van der Waals surface area contributed by atoms with Crippen LogP contribution in [0.15, 0.2) is 0 Å². The molecule has 152 valence electrons. The van der Waals surface area contributed by atoms with Crippen molar-refractivity contribution in [3.8, 4) is 0 Å². The van der Waals surface area contributed by atoms with Gasteiger partial charge in [0.2, 0.25) is 5.92 Å². The Morgan fingerprint density at radius 1 is 1.19 bits per heavy atom. The van der Waals surface area contributed by atoms with Gasteiger partial charge in [0.05, 0.1) is 31.3 Å². The molecule has 0 aromatic carbocycles. The van der Waals surface area contributed by atoms with Gasteiger partial charge in [-0.15, -0.1) is 0 Å². The molecule has 8 heteroatoms. The standard InChI is InChI=1S/C18H32F2N2O4/c1-17(2,3)26-16(23)22-9-13(24-4)15(21)14(10-22)25-11-12-5-7-18(19,20)8-6-12/h12-15H,5-11,21H2,1-4H3/t13-,14+,15+/m0/s1. The molecule has 2 rings (SSSR count). The van der Waals surface area contributed by atoms with E-state index in [1.807, 2.05) is 0 Å². The van der Waals surface area contributed by atoms with Crippen LogP contribution in [0, 0.1) is 5.92 Å². The molecule has 2 fully saturated rings. The van der Waals surface area contributed by atoms with E-state index >= 15 is 0 Å². The number of nitrogens with zero attached hydrogens (tertiary/aromatic N) is 1. The maximum Gasteiger partial charge on any atom is 0.410 e. The first-order chi connectivity index (χ1) is 12.0. The van der Waals surface area contributed by atoms with Crippen LogP contribution in [0.1, 0.15) is 46.5 Å². The summed E-state index contributed by atoms with van der Waals surface area (Å²) >= 11 is 0. The van der Waals surface area contributed by atoms with Gasteiger partial charge in [-0.05, 0) is 39.5 Å². The van der Waals surface area contributed by atoms with Crippen molar-refractivity contribution < 1.29 is 27.8 Å². The molecule has 2 N–H and O–H groups in total. The molecule has 1 heterocycles. The highest BCUT2D eigenvalue weighted by molar-refractivity contribution is 5.68. The summed E-state index contributed by atoms with van der Waals surface area (Å²) in [5, 5.41) is 0. The van der Waals surface area contributed by atoms with Gasteiger partial charge in [0.25, 0.3) is 0 Å². The van der Waals surface area contributed by atoms with Crippen LogP contribution in [0.25, 0.3) is 0 Å². The van der Waals surface area contributed by atoms with Gasteiger partial charge in [0.15, 0.2) is 0 Å². The molecule has 2 aliphatic rings. The topological polar surface area (TPSA) is 74.0 Å². The van der Waals surface area contributed by atoms with Gasteiger partial charge in [0, 0.05) is 26.6 Å². The average molecular weight is 378 g/mol. The summed E-state index contributed by atoms with van der Waals surface area (Å²) in [6, 6.07) is -0.385. The largest absolute Gasteiger partial charge is 0.444 e. The number of ether oxygens (including phenoxy) is 3. The number of methoxy groups -OCH3 is 1. The van der Waals surface area contributed by atoms with E-state index in [1.54, 1.807) is 32.8 Å². The highest BCUT2D eigenvalue weighted by Crippen LogP contribution is 2.36. The van der Waals surface area contributed by atoms with Crippen LogP contribution < -0.4 is 5.73 Å². The number of halogens is 2. The molecule has 26 heavy (non-hydrogen) atoms. The number of alkyl halides is 2. The molecule has 1 saturated carbocycles. The van der Waals surface area contributed by atoms with E-state index in [2.05, 4.69) is 0 Å². The normalized spacial score (nSPS) is 30.3. The molecule has 1 aliphatic heterocycles. The van der Waals surface area contributed by atoms with Crippen LogP contribution in [-0.2, 0) is 14.2 Å². The Kier molecular flexibility index (Phi) is 6.85. The summed E-state index contributed by atoms with van der Waals surface area (Å²) in [7, 11) is 1.55. The second-order valence-electron chi connectivity index (χ2n) is 8.41. The lowest BCUT2D eigenvalue weighted by Gasteiger charge is -2.42. The van der Waals surface area contributed by atoms with Gasteiger partial charge in [-0.2, -0.15) is 0 Å². The molecule has 1 saturated heterocycles. The quantitative estimate of drug-likeness (QED) is 0.814. The number of carbonyl (C=O) groups excluding carboxylic acids is 1. The zero-order valence-corrected chi connectivity index (χ0v) is 16.2. The summed E-state index contributed by atoms with van der Waals surface area (Å²) in [5.74, 6) is -2.45. The van der Waals surface area contributed by atoms with Gasteiger partial charge in [-0.3, -0.25) is 0 Å². The fourth-order valence-corrected chi connectivity index (χ4v) is 3.39. The molecular formula is C18H32F2N2O4. The third-order valence-electron chi connectivity index (χ3n) is 5.00. The fraction of sp³-hybridized carbons (Fsp3) is 0.944. The van der Waals surface area contributed by atoms with Crippen molar-refractivity contribution in [2.75, 3.05) is 26.8 Å². The van der Waals surface area contributed by atoms with E-state index in [1.165, 1.54) is 0 Å². The Morgan fingerprint density at radius 2 is 1.77 bits per heavy atom. The number of hydrogen-bond donors (Lipinski definition) is 1. The Labute approximate surface area is 154 Å². The van der Waals surface area contributed by atoms with Crippen LogP contribution in [0.3, 0.4) is 0 Å². The maximum absolute atomic E-state index is 13.3. The molecule has 3 atom stereocenters. The third-order valence-corrected chi connectivity index (χ3v) is 5.00. The monoisotopic (exact) mass is 378 g/mol. The zero-order valence-electron chi connectivity index (χ0n) is 16.2. The van der Waals surface area contributed by atoms with Crippen LogP contribution in [0.4, 0.5) is 13.6 Å². The Morgan fingerprint density at radius 3 is 2.31 bits per heavy atom. The number of piperidine rings is 1. The van der Waals surface area contributed by atoms with Crippen molar-refractivity contribution in [2.24, 2.45) is 11.7 Å². The van der Waals surface area contributed by atoms with Gasteiger partial charge < -0.3 is 24.8 Å². The van der Waals surface area contributed by atoms with E-state index in [0.29, 0.717) is 32.5 Å². The highest BCUT2D eigenvalue weighted by atomic mass is 19.3.